The number of carboxylic acid groups (broad SMARTS) is 1. The van der Waals surface area contributed by atoms with Crippen molar-refractivity contribution in [2.45, 2.75) is 56.6 Å². The molecule has 4 nitrogen and oxygen atoms in total. The maximum Gasteiger partial charge on any atom is 0.307 e. The number of aliphatic carboxylic acids is 1. The topological polar surface area (TPSA) is 70.4 Å². The second-order valence-corrected chi connectivity index (χ2v) is 12.8. The van der Waals surface area contributed by atoms with Crippen molar-refractivity contribution in [2.24, 2.45) is 5.92 Å². The van der Waals surface area contributed by atoms with E-state index in [1.165, 1.54) is 0 Å². The molecule has 0 spiro atoms. The fraction of sp³-hybridized carbons (Fsp3) is 0.294. The molecule has 0 fully saturated rings. The summed E-state index contributed by atoms with van der Waals surface area (Å²) in [5, 5.41) is 22.0. The van der Waals surface area contributed by atoms with Crippen LogP contribution in [0.5, 0.6) is 0 Å². The molecule has 0 unspecified atom stereocenters. The van der Waals surface area contributed by atoms with Crippen LogP contribution in [-0.2, 0) is 16.8 Å². The van der Waals surface area contributed by atoms with Crippen molar-refractivity contribution in [2.75, 3.05) is 0 Å². The lowest BCUT2D eigenvalue weighted by Crippen LogP contribution is -2.21. The number of carboxylic acids is 1. The Morgan fingerprint density at radius 1 is 1.00 bits per heavy atom. The van der Waals surface area contributed by atoms with Gasteiger partial charge in [0.05, 0.1) is 22.7 Å². The highest BCUT2D eigenvalue weighted by molar-refractivity contribution is 8.00. The van der Waals surface area contributed by atoms with Crippen molar-refractivity contribution in [3.05, 3.63) is 112 Å². The molecule has 3 atom stereocenters. The van der Waals surface area contributed by atoms with Gasteiger partial charge in [-0.3, -0.25) is 4.79 Å². The molecule has 208 valence electrons. The molecule has 0 saturated carbocycles. The first-order valence-corrected chi connectivity index (χ1v) is 14.9. The number of aliphatic hydroxyl groups is 1. The zero-order valence-electron chi connectivity index (χ0n) is 23.3. The summed E-state index contributed by atoms with van der Waals surface area (Å²) >= 11 is 7.85. The van der Waals surface area contributed by atoms with E-state index in [2.05, 4.69) is 30.3 Å². The van der Waals surface area contributed by atoms with Gasteiger partial charge in [0.15, 0.2) is 0 Å². The number of pyridine rings is 1. The molecule has 1 heterocycles. The largest absolute Gasteiger partial charge is 0.481 e. The average Bonchev–Trinajstić information content (AvgIpc) is 2.93. The van der Waals surface area contributed by atoms with Crippen LogP contribution in [0.25, 0.3) is 23.1 Å². The molecular formula is C34H36ClNO3S. The van der Waals surface area contributed by atoms with Crippen molar-refractivity contribution in [3.8, 4) is 0 Å². The van der Waals surface area contributed by atoms with Gasteiger partial charge in [0, 0.05) is 20.9 Å². The van der Waals surface area contributed by atoms with Crippen LogP contribution in [-0.4, -0.2) is 26.4 Å². The van der Waals surface area contributed by atoms with Gasteiger partial charge in [0.1, 0.15) is 0 Å². The van der Waals surface area contributed by atoms with Gasteiger partial charge in [-0.05, 0) is 73.2 Å². The van der Waals surface area contributed by atoms with E-state index in [-0.39, 0.29) is 10.5 Å². The zero-order valence-corrected chi connectivity index (χ0v) is 24.9. The summed E-state index contributed by atoms with van der Waals surface area (Å²) in [7, 11) is 0. The zero-order chi connectivity index (χ0) is 28.9. The van der Waals surface area contributed by atoms with E-state index in [1.807, 2.05) is 81.4 Å². The molecule has 6 heteroatoms. The predicted octanol–water partition coefficient (Wildman–Crippen LogP) is 8.80. The Labute approximate surface area is 246 Å². The van der Waals surface area contributed by atoms with Crippen LogP contribution < -0.4 is 0 Å². The van der Waals surface area contributed by atoms with Gasteiger partial charge in [-0.1, -0.05) is 92.2 Å². The van der Waals surface area contributed by atoms with Crippen molar-refractivity contribution in [1.82, 2.24) is 4.98 Å². The highest BCUT2D eigenvalue weighted by Gasteiger charge is 2.26. The van der Waals surface area contributed by atoms with Gasteiger partial charge >= 0.3 is 5.97 Å². The molecule has 0 radical (unpaired) electrons. The minimum Gasteiger partial charge on any atom is -0.481 e. The van der Waals surface area contributed by atoms with Crippen molar-refractivity contribution < 1.29 is 15.0 Å². The van der Waals surface area contributed by atoms with Gasteiger partial charge in [-0.25, -0.2) is 4.98 Å². The van der Waals surface area contributed by atoms with Crippen LogP contribution >= 0.6 is 23.4 Å². The monoisotopic (exact) mass is 573 g/mol. The molecule has 0 amide bonds. The van der Waals surface area contributed by atoms with Crippen LogP contribution in [0.3, 0.4) is 0 Å². The molecule has 0 aliphatic heterocycles. The molecule has 2 N–H and O–H groups in total. The first-order chi connectivity index (χ1) is 19.0. The summed E-state index contributed by atoms with van der Waals surface area (Å²) in [4.78, 5) is 16.4. The third kappa shape index (κ3) is 7.75. The number of benzene rings is 3. The van der Waals surface area contributed by atoms with Gasteiger partial charge < -0.3 is 10.2 Å². The highest BCUT2D eigenvalue weighted by atomic mass is 35.5. The highest BCUT2D eigenvalue weighted by Crippen LogP contribution is 2.40. The van der Waals surface area contributed by atoms with Crippen LogP contribution in [0.2, 0.25) is 5.02 Å². The minimum atomic E-state index is -0.933. The van der Waals surface area contributed by atoms with Crippen molar-refractivity contribution >= 4 is 52.4 Å². The number of fused-ring (bicyclic) bond motifs is 1. The third-order valence-corrected chi connectivity index (χ3v) is 9.14. The van der Waals surface area contributed by atoms with Gasteiger partial charge in [-0.15, -0.1) is 11.8 Å². The first kappa shape index (κ1) is 29.9. The quantitative estimate of drug-likeness (QED) is 0.187. The van der Waals surface area contributed by atoms with E-state index in [9.17, 15) is 15.0 Å². The molecular weight excluding hydrogens is 538 g/mol. The van der Waals surface area contributed by atoms with Crippen LogP contribution in [0.4, 0.5) is 0 Å². The molecule has 0 bridgehead atoms. The van der Waals surface area contributed by atoms with Crippen molar-refractivity contribution in [3.63, 3.8) is 0 Å². The summed E-state index contributed by atoms with van der Waals surface area (Å²) in [6.45, 7) is 7.37. The molecule has 4 aromatic rings. The summed E-state index contributed by atoms with van der Waals surface area (Å²) in [5.41, 5.74) is 5.00. The first-order valence-electron chi connectivity index (χ1n) is 13.5. The normalized spacial score (nSPS) is 14.3. The Morgan fingerprint density at radius 2 is 1.75 bits per heavy atom. The molecule has 0 aliphatic rings. The fourth-order valence-electron chi connectivity index (χ4n) is 4.76. The van der Waals surface area contributed by atoms with Crippen LogP contribution in [0.15, 0.2) is 78.9 Å². The SMILES string of the molecule is C[C@H](S[C@H](CCc1ccccc1C(C)(C)O)c1cccc(C=Cc2ccc3ccc(Cl)cc3n2)c1)[C@@H](C)C(=O)O. The molecule has 40 heavy (non-hydrogen) atoms. The number of hydrogen-bond donors (Lipinski definition) is 2. The van der Waals surface area contributed by atoms with E-state index in [4.69, 9.17) is 16.6 Å². The Morgan fingerprint density at radius 3 is 2.50 bits per heavy atom. The standard InChI is InChI=1S/C34H36ClNO3S/c1-22(33(37)38)23(2)40-32(19-15-25-9-5-6-11-30(25)34(3,4)39)27-10-7-8-24(20-27)12-17-29-18-14-26-13-16-28(35)21-31(26)36-29/h5-14,16-18,20-23,32,39H,15,19H2,1-4H3,(H,37,38)/t22-,23+,32-/m1/s1. The molecule has 4 rings (SSSR count). The number of thioether (sulfide) groups is 1. The lowest BCUT2D eigenvalue weighted by molar-refractivity contribution is -0.140. The van der Waals surface area contributed by atoms with E-state index in [0.717, 1.165) is 51.7 Å². The molecule has 0 saturated heterocycles. The number of hydrogen-bond acceptors (Lipinski definition) is 4. The lowest BCUT2D eigenvalue weighted by Gasteiger charge is -2.26. The van der Waals surface area contributed by atoms with E-state index >= 15 is 0 Å². The molecule has 1 aromatic heterocycles. The number of aryl methyl sites for hydroxylation is 1. The van der Waals surface area contributed by atoms with Gasteiger partial charge in [-0.2, -0.15) is 0 Å². The number of rotatable bonds is 11. The van der Waals surface area contributed by atoms with Crippen LogP contribution in [0, 0.1) is 5.92 Å². The Hall–Kier alpha value is -3.12. The summed E-state index contributed by atoms with van der Waals surface area (Å²) in [6, 6.07) is 26.1. The van der Waals surface area contributed by atoms with E-state index in [1.54, 1.807) is 18.7 Å². The smallest absolute Gasteiger partial charge is 0.307 e. The third-order valence-electron chi connectivity index (χ3n) is 7.23. The number of carbonyl (C=O) groups is 1. The maximum atomic E-state index is 11.7. The Balaban J connectivity index is 1.59. The maximum absolute atomic E-state index is 11.7. The number of halogens is 1. The second-order valence-electron chi connectivity index (χ2n) is 10.8. The summed E-state index contributed by atoms with van der Waals surface area (Å²) in [6.07, 6.45) is 5.64. The summed E-state index contributed by atoms with van der Waals surface area (Å²) in [5.74, 6) is -1.25. The van der Waals surface area contributed by atoms with Crippen molar-refractivity contribution in [1.29, 1.82) is 0 Å². The molecule has 0 aliphatic carbocycles. The number of nitrogens with zero attached hydrogens (tertiary/aromatic N) is 1. The van der Waals surface area contributed by atoms with Gasteiger partial charge in [0.25, 0.3) is 0 Å². The summed E-state index contributed by atoms with van der Waals surface area (Å²) < 4.78 is 0. The predicted molar refractivity (Wildman–Crippen MR) is 169 cm³/mol. The lowest BCUT2D eigenvalue weighted by atomic mass is 9.90. The van der Waals surface area contributed by atoms with E-state index < -0.39 is 17.5 Å². The van der Waals surface area contributed by atoms with Crippen LogP contribution in [0.1, 0.15) is 67.3 Å². The number of aromatic nitrogens is 1. The Bertz CT molecular complexity index is 1510. The molecule has 3 aromatic carbocycles. The average molecular weight is 574 g/mol. The van der Waals surface area contributed by atoms with E-state index in [0.29, 0.717) is 5.02 Å². The fourth-order valence-corrected chi connectivity index (χ4v) is 6.35. The minimum absolute atomic E-state index is 0.0696. The Kier molecular flexibility index (Phi) is 9.72. The second kappa shape index (κ2) is 13.0. The van der Waals surface area contributed by atoms with Gasteiger partial charge in [0.2, 0.25) is 0 Å².